The van der Waals surface area contributed by atoms with Gasteiger partial charge < -0.3 is 4.74 Å². The number of fused-ring (bicyclic) bond motifs is 1. The fourth-order valence-electron chi connectivity index (χ4n) is 2.96. The second-order valence-electron chi connectivity index (χ2n) is 6.17. The Labute approximate surface area is 154 Å². The summed E-state index contributed by atoms with van der Waals surface area (Å²) < 4.78 is 5.58. The topological polar surface area (TPSA) is 68.3 Å². The van der Waals surface area contributed by atoms with E-state index in [4.69, 9.17) is 4.74 Å². The average Bonchev–Trinajstić information content (AvgIpc) is 3.14. The number of ether oxygens (including phenoxy) is 1. The van der Waals surface area contributed by atoms with Crippen molar-refractivity contribution < 1.29 is 14.3 Å². The van der Waals surface area contributed by atoms with Crippen LogP contribution in [0.15, 0.2) is 54.0 Å². The van der Waals surface area contributed by atoms with Gasteiger partial charge in [-0.2, -0.15) is 0 Å². The van der Waals surface area contributed by atoms with E-state index in [1.807, 2.05) is 31.2 Å². The molecule has 1 atom stereocenters. The van der Waals surface area contributed by atoms with E-state index in [9.17, 15) is 9.59 Å². The lowest BCUT2D eigenvalue weighted by Gasteiger charge is -2.25. The second kappa shape index (κ2) is 6.72. The number of carbonyl (C=O) groups is 2. The van der Waals surface area contributed by atoms with Crippen LogP contribution in [0.1, 0.15) is 43.5 Å². The lowest BCUT2D eigenvalue weighted by Crippen LogP contribution is -2.23. The number of nitrogens with zero attached hydrogens (tertiary/aromatic N) is 1. The van der Waals surface area contributed by atoms with Crippen molar-refractivity contribution >= 4 is 28.3 Å². The van der Waals surface area contributed by atoms with E-state index < -0.39 is 0 Å². The number of nitrogens with one attached hydrogen (secondary N) is 1. The van der Waals surface area contributed by atoms with Gasteiger partial charge in [-0.15, -0.1) is 11.3 Å². The molecule has 4 rings (SSSR count). The van der Waals surface area contributed by atoms with Crippen molar-refractivity contribution in [2.45, 2.75) is 19.4 Å². The van der Waals surface area contributed by atoms with Crippen molar-refractivity contribution in [2.24, 2.45) is 0 Å². The fraction of sp³-hybridized carbons (Fsp3) is 0.150. The third kappa shape index (κ3) is 3.23. The van der Waals surface area contributed by atoms with Crippen LogP contribution >= 0.6 is 11.3 Å². The summed E-state index contributed by atoms with van der Waals surface area (Å²) in [4.78, 5) is 28.8. The number of anilines is 1. The van der Waals surface area contributed by atoms with Gasteiger partial charge in [-0.3, -0.25) is 10.1 Å². The molecule has 5 nitrogen and oxygen atoms in total. The van der Waals surface area contributed by atoms with Crippen LogP contribution in [0.25, 0.3) is 0 Å². The van der Waals surface area contributed by atoms with Crippen LogP contribution in [0.4, 0.5) is 5.13 Å². The highest BCUT2D eigenvalue weighted by atomic mass is 32.1. The number of hydrogen-bond acceptors (Lipinski definition) is 5. The van der Waals surface area contributed by atoms with E-state index in [0.29, 0.717) is 22.7 Å². The van der Waals surface area contributed by atoms with E-state index in [0.717, 1.165) is 16.7 Å². The first-order valence-electron chi connectivity index (χ1n) is 8.21. The Balaban J connectivity index is 1.60. The van der Waals surface area contributed by atoms with Gasteiger partial charge in [-0.25, -0.2) is 9.78 Å². The molecule has 1 N–H and O–H groups in total. The van der Waals surface area contributed by atoms with E-state index in [1.54, 1.807) is 29.8 Å². The number of amides is 1. The van der Waals surface area contributed by atoms with Gasteiger partial charge in [0.1, 0.15) is 6.10 Å². The zero-order valence-electron chi connectivity index (χ0n) is 14.1. The minimum absolute atomic E-state index is 0.242. The molecule has 1 aromatic heterocycles. The standard InChI is InChI=1S/C20H16N2O3S/c1-12-2-4-13(5-3-12)17-11-15-10-14(6-7-16(15)19(24)25-17)18(23)22-20-21-8-9-26-20/h2-10,17H,11H2,1H3,(H,21,22,23)/t17-/m1/s1. The maximum atomic E-state index is 12.4. The van der Waals surface area contributed by atoms with Crippen LogP contribution in [0.2, 0.25) is 0 Å². The van der Waals surface area contributed by atoms with Gasteiger partial charge in [-0.05, 0) is 36.2 Å². The maximum Gasteiger partial charge on any atom is 0.339 e. The van der Waals surface area contributed by atoms with Crippen LogP contribution in [0.3, 0.4) is 0 Å². The molecular weight excluding hydrogens is 348 g/mol. The fourth-order valence-corrected chi connectivity index (χ4v) is 3.48. The molecule has 1 aliphatic rings. The molecule has 26 heavy (non-hydrogen) atoms. The summed E-state index contributed by atoms with van der Waals surface area (Å²) in [5.41, 5.74) is 3.93. The number of esters is 1. The summed E-state index contributed by atoms with van der Waals surface area (Å²) in [6.45, 7) is 2.01. The van der Waals surface area contributed by atoms with Crippen molar-refractivity contribution in [2.75, 3.05) is 5.32 Å². The monoisotopic (exact) mass is 364 g/mol. The highest BCUT2D eigenvalue weighted by Crippen LogP contribution is 2.31. The van der Waals surface area contributed by atoms with E-state index in [-0.39, 0.29) is 18.0 Å². The summed E-state index contributed by atoms with van der Waals surface area (Å²) in [5, 5.41) is 5.10. The molecule has 0 saturated heterocycles. The first-order valence-corrected chi connectivity index (χ1v) is 9.09. The van der Waals surface area contributed by atoms with Crippen molar-refractivity contribution in [3.05, 3.63) is 81.9 Å². The van der Waals surface area contributed by atoms with E-state index >= 15 is 0 Å². The smallest absolute Gasteiger partial charge is 0.339 e. The lowest BCUT2D eigenvalue weighted by molar-refractivity contribution is 0.0252. The zero-order valence-corrected chi connectivity index (χ0v) is 14.9. The first kappa shape index (κ1) is 16.5. The number of thiazole rings is 1. The molecule has 2 heterocycles. The molecule has 6 heteroatoms. The molecule has 0 unspecified atom stereocenters. The first-order chi connectivity index (χ1) is 12.6. The molecule has 0 spiro atoms. The number of rotatable bonds is 3. The zero-order chi connectivity index (χ0) is 18.1. The molecule has 130 valence electrons. The molecule has 3 aromatic rings. The highest BCUT2D eigenvalue weighted by Gasteiger charge is 2.28. The van der Waals surface area contributed by atoms with Gasteiger partial charge in [0, 0.05) is 23.6 Å². The molecule has 1 amide bonds. The van der Waals surface area contributed by atoms with E-state index in [1.165, 1.54) is 11.3 Å². The minimum atomic E-state index is -0.358. The molecule has 2 aromatic carbocycles. The Bertz CT molecular complexity index is 965. The van der Waals surface area contributed by atoms with Crippen LogP contribution in [-0.2, 0) is 11.2 Å². The average molecular weight is 364 g/mol. The summed E-state index contributed by atoms with van der Waals surface area (Å²) >= 11 is 1.36. The number of benzene rings is 2. The molecule has 0 radical (unpaired) electrons. The summed E-state index contributed by atoms with van der Waals surface area (Å²) in [6, 6.07) is 13.0. The Morgan fingerprint density at radius 1 is 1.23 bits per heavy atom. The number of carbonyl (C=O) groups excluding carboxylic acids is 2. The van der Waals surface area contributed by atoms with Gasteiger partial charge >= 0.3 is 5.97 Å². The number of aromatic nitrogens is 1. The highest BCUT2D eigenvalue weighted by molar-refractivity contribution is 7.13. The maximum absolute atomic E-state index is 12.4. The van der Waals surface area contributed by atoms with Crippen molar-refractivity contribution in [3.8, 4) is 0 Å². The third-order valence-corrected chi connectivity index (χ3v) is 5.03. The number of hydrogen-bond donors (Lipinski definition) is 1. The number of aryl methyl sites for hydroxylation is 1. The molecule has 0 saturated carbocycles. The third-order valence-electron chi connectivity index (χ3n) is 4.34. The quantitative estimate of drug-likeness (QED) is 0.709. The molecule has 0 fully saturated rings. The van der Waals surface area contributed by atoms with Crippen LogP contribution in [0, 0.1) is 6.92 Å². The predicted molar refractivity (Wildman–Crippen MR) is 99.5 cm³/mol. The van der Waals surface area contributed by atoms with Crippen molar-refractivity contribution in [1.29, 1.82) is 0 Å². The Hall–Kier alpha value is -2.99. The molecule has 1 aliphatic heterocycles. The van der Waals surface area contributed by atoms with Crippen molar-refractivity contribution in [3.63, 3.8) is 0 Å². The van der Waals surface area contributed by atoms with E-state index in [2.05, 4.69) is 10.3 Å². The summed E-state index contributed by atoms with van der Waals surface area (Å²) in [6.07, 6.45) is 1.84. The molecule has 0 aliphatic carbocycles. The molecular formula is C20H16N2O3S. The van der Waals surface area contributed by atoms with Gasteiger partial charge in [0.25, 0.3) is 5.91 Å². The molecule has 0 bridgehead atoms. The Kier molecular flexibility index (Phi) is 4.26. The van der Waals surface area contributed by atoms with Crippen LogP contribution in [0.5, 0.6) is 0 Å². The van der Waals surface area contributed by atoms with Crippen LogP contribution < -0.4 is 5.32 Å². The Morgan fingerprint density at radius 3 is 2.77 bits per heavy atom. The van der Waals surface area contributed by atoms with Gasteiger partial charge in [-0.1, -0.05) is 29.8 Å². The summed E-state index contributed by atoms with van der Waals surface area (Å²) in [7, 11) is 0. The van der Waals surface area contributed by atoms with Crippen molar-refractivity contribution in [1.82, 2.24) is 4.98 Å². The van der Waals surface area contributed by atoms with Gasteiger partial charge in [0.05, 0.1) is 5.56 Å². The largest absolute Gasteiger partial charge is 0.454 e. The summed E-state index contributed by atoms with van der Waals surface area (Å²) in [5.74, 6) is -0.600. The minimum Gasteiger partial charge on any atom is -0.454 e. The SMILES string of the molecule is Cc1ccc([C@H]2Cc3cc(C(=O)Nc4nccs4)ccc3C(=O)O2)cc1. The van der Waals surface area contributed by atoms with Gasteiger partial charge in [0.2, 0.25) is 0 Å². The normalized spacial score (nSPS) is 15.9. The van der Waals surface area contributed by atoms with Crippen LogP contribution in [-0.4, -0.2) is 16.9 Å². The second-order valence-corrected chi connectivity index (χ2v) is 7.07. The number of cyclic esters (lactones) is 1. The predicted octanol–water partition coefficient (Wildman–Crippen LogP) is 4.16. The Morgan fingerprint density at radius 2 is 2.04 bits per heavy atom. The lowest BCUT2D eigenvalue weighted by atomic mass is 9.93. The van der Waals surface area contributed by atoms with Gasteiger partial charge in [0.15, 0.2) is 5.13 Å².